The normalized spacial score (nSPS) is 12.2. The third kappa shape index (κ3) is 8.14. The van der Waals surface area contributed by atoms with Crippen LogP contribution >= 0.6 is 23.4 Å². The molecule has 0 aromatic heterocycles. The number of aliphatic hydroxyl groups is 1. The molecule has 0 fully saturated rings. The molecule has 1 aromatic carbocycles. The Balaban J connectivity index is 2.08. The van der Waals surface area contributed by atoms with Crippen LogP contribution in [0.1, 0.15) is 25.3 Å². The lowest BCUT2D eigenvalue weighted by molar-refractivity contribution is -0.118. The van der Waals surface area contributed by atoms with Crippen LogP contribution in [0.4, 0.5) is 0 Å². The molecular formula is C14H20ClNO2S. The zero-order valence-corrected chi connectivity index (χ0v) is 12.6. The van der Waals surface area contributed by atoms with Crippen molar-refractivity contribution in [2.75, 3.05) is 12.3 Å². The second-order valence-electron chi connectivity index (χ2n) is 4.46. The molecular weight excluding hydrogens is 282 g/mol. The van der Waals surface area contributed by atoms with E-state index in [1.54, 1.807) is 18.7 Å². The predicted octanol–water partition coefficient (Wildman–Crippen LogP) is 2.85. The quantitative estimate of drug-likeness (QED) is 0.726. The topological polar surface area (TPSA) is 49.3 Å². The average Bonchev–Trinajstić information content (AvgIpc) is 2.37. The van der Waals surface area contributed by atoms with E-state index in [2.05, 4.69) is 5.32 Å². The van der Waals surface area contributed by atoms with Gasteiger partial charge < -0.3 is 10.4 Å². The Morgan fingerprint density at radius 1 is 1.42 bits per heavy atom. The summed E-state index contributed by atoms with van der Waals surface area (Å²) >= 11 is 7.38. The van der Waals surface area contributed by atoms with Gasteiger partial charge in [-0.3, -0.25) is 4.79 Å². The van der Waals surface area contributed by atoms with Crippen LogP contribution in [0.3, 0.4) is 0 Å². The molecule has 1 aromatic rings. The number of benzene rings is 1. The molecule has 1 amide bonds. The van der Waals surface area contributed by atoms with Crippen molar-refractivity contribution in [3.8, 4) is 0 Å². The maximum Gasteiger partial charge on any atom is 0.230 e. The molecule has 19 heavy (non-hydrogen) atoms. The summed E-state index contributed by atoms with van der Waals surface area (Å²) in [5, 5.41) is 12.6. The average molecular weight is 302 g/mol. The SMILES string of the molecule is CC(O)CCCNC(=O)CSCc1ccc(Cl)cc1. The number of halogens is 1. The monoisotopic (exact) mass is 301 g/mol. The molecule has 106 valence electrons. The Morgan fingerprint density at radius 3 is 2.74 bits per heavy atom. The van der Waals surface area contributed by atoms with Crippen LogP contribution in [-0.4, -0.2) is 29.4 Å². The number of amides is 1. The Hall–Kier alpha value is -0.710. The van der Waals surface area contributed by atoms with Gasteiger partial charge in [0.15, 0.2) is 0 Å². The van der Waals surface area contributed by atoms with E-state index in [1.165, 1.54) is 0 Å². The van der Waals surface area contributed by atoms with Gasteiger partial charge in [-0.25, -0.2) is 0 Å². The van der Waals surface area contributed by atoms with Gasteiger partial charge in [-0.15, -0.1) is 11.8 Å². The summed E-state index contributed by atoms with van der Waals surface area (Å²) < 4.78 is 0. The number of nitrogens with one attached hydrogen (secondary N) is 1. The van der Waals surface area contributed by atoms with Crippen molar-refractivity contribution in [2.24, 2.45) is 0 Å². The van der Waals surface area contributed by atoms with Gasteiger partial charge in [-0.05, 0) is 37.5 Å². The summed E-state index contributed by atoms with van der Waals surface area (Å²) in [6, 6.07) is 7.65. The van der Waals surface area contributed by atoms with E-state index in [-0.39, 0.29) is 12.0 Å². The number of carbonyl (C=O) groups is 1. The summed E-state index contributed by atoms with van der Waals surface area (Å²) in [5.74, 6) is 1.31. The Morgan fingerprint density at radius 2 is 2.11 bits per heavy atom. The van der Waals surface area contributed by atoms with E-state index in [0.29, 0.717) is 12.3 Å². The predicted molar refractivity (Wildman–Crippen MR) is 81.5 cm³/mol. The van der Waals surface area contributed by atoms with Crippen molar-refractivity contribution in [2.45, 2.75) is 31.6 Å². The fraction of sp³-hybridized carbons (Fsp3) is 0.500. The largest absolute Gasteiger partial charge is 0.393 e. The van der Waals surface area contributed by atoms with Gasteiger partial charge in [0.25, 0.3) is 0 Å². The molecule has 1 rings (SSSR count). The first kappa shape index (κ1) is 16.3. The van der Waals surface area contributed by atoms with Gasteiger partial charge >= 0.3 is 0 Å². The fourth-order valence-corrected chi connectivity index (χ4v) is 2.46. The number of aliphatic hydroxyl groups excluding tert-OH is 1. The van der Waals surface area contributed by atoms with E-state index in [1.807, 2.05) is 24.3 Å². The zero-order valence-electron chi connectivity index (χ0n) is 11.1. The first-order chi connectivity index (χ1) is 9.08. The lowest BCUT2D eigenvalue weighted by Gasteiger charge is -2.06. The molecule has 0 saturated heterocycles. The highest BCUT2D eigenvalue weighted by Crippen LogP contribution is 2.15. The molecule has 2 N–H and O–H groups in total. The van der Waals surface area contributed by atoms with Crippen molar-refractivity contribution in [3.05, 3.63) is 34.9 Å². The summed E-state index contributed by atoms with van der Waals surface area (Å²) in [4.78, 5) is 11.5. The van der Waals surface area contributed by atoms with Gasteiger partial charge in [0.2, 0.25) is 5.91 Å². The minimum Gasteiger partial charge on any atom is -0.393 e. The van der Waals surface area contributed by atoms with Crippen LogP contribution in [0.5, 0.6) is 0 Å². The van der Waals surface area contributed by atoms with Crippen molar-refractivity contribution in [1.29, 1.82) is 0 Å². The number of rotatable bonds is 8. The summed E-state index contributed by atoms with van der Waals surface area (Å²) in [6.07, 6.45) is 1.24. The van der Waals surface area contributed by atoms with Crippen LogP contribution < -0.4 is 5.32 Å². The van der Waals surface area contributed by atoms with E-state index in [4.69, 9.17) is 16.7 Å². The second-order valence-corrected chi connectivity index (χ2v) is 5.88. The third-order valence-corrected chi connectivity index (χ3v) is 3.79. The lowest BCUT2D eigenvalue weighted by Crippen LogP contribution is -2.26. The maximum atomic E-state index is 11.5. The van der Waals surface area contributed by atoms with Crippen LogP contribution in [-0.2, 0) is 10.5 Å². The molecule has 0 bridgehead atoms. The van der Waals surface area contributed by atoms with Crippen LogP contribution in [0.15, 0.2) is 24.3 Å². The molecule has 0 aliphatic heterocycles. The Labute approximate surface area is 123 Å². The Bertz CT molecular complexity index is 382. The number of carbonyl (C=O) groups excluding carboxylic acids is 1. The zero-order chi connectivity index (χ0) is 14.1. The molecule has 0 heterocycles. The highest BCUT2D eigenvalue weighted by atomic mass is 35.5. The molecule has 1 unspecified atom stereocenters. The highest BCUT2D eigenvalue weighted by molar-refractivity contribution is 7.99. The molecule has 0 aliphatic rings. The number of hydrogen-bond acceptors (Lipinski definition) is 3. The standard InChI is InChI=1S/C14H20ClNO2S/c1-11(17)3-2-8-16-14(18)10-19-9-12-4-6-13(15)7-5-12/h4-7,11,17H,2-3,8-10H2,1H3,(H,16,18). The molecule has 1 atom stereocenters. The summed E-state index contributed by atoms with van der Waals surface area (Å²) in [6.45, 7) is 2.38. The van der Waals surface area contributed by atoms with Crippen molar-refractivity contribution in [3.63, 3.8) is 0 Å². The first-order valence-electron chi connectivity index (χ1n) is 6.35. The first-order valence-corrected chi connectivity index (χ1v) is 7.88. The maximum absolute atomic E-state index is 11.5. The van der Waals surface area contributed by atoms with E-state index >= 15 is 0 Å². The lowest BCUT2D eigenvalue weighted by atomic mass is 10.2. The molecule has 3 nitrogen and oxygen atoms in total. The van der Waals surface area contributed by atoms with Gasteiger partial charge in [0.05, 0.1) is 11.9 Å². The van der Waals surface area contributed by atoms with E-state index in [0.717, 1.165) is 29.2 Å². The third-order valence-electron chi connectivity index (χ3n) is 2.54. The summed E-state index contributed by atoms with van der Waals surface area (Å²) in [5.41, 5.74) is 1.16. The Kier molecular flexibility index (Phi) is 7.94. The van der Waals surface area contributed by atoms with E-state index < -0.39 is 0 Å². The number of hydrogen-bond donors (Lipinski definition) is 2. The molecule has 0 radical (unpaired) electrons. The smallest absolute Gasteiger partial charge is 0.230 e. The minimum absolute atomic E-state index is 0.0459. The van der Waals surface area contributed by atoms with Crippen molar-refractivity contribution in [1.82, 2.24) is 5.32 Å². The van der Waals surface area contributed by atoms with Gasteiger partial charge in [-0.1, -0.05) is 23.7 Å². The molecule has 0 spiro atoms. The van der Waals surface area contributed by atoms with Crippen molar-refractivity contribution < 1.29 is 9.90 Å². The van der Waals surface area contributed by atoms with Crippen LogP contribution in [0.2, 0.25) is 5.02 Å². The summed E-state index contributed by atoms with van der Waals surface area (Å²) in [7, 11) is 0. The van der Waals surface area contributed by atoms with E-state index in [9.17, 15) is 4.79 Å². The van der Waals surface area contributed by atoms with Gasteiger partial charge in [0.1, 0.15) is 0 Å². The van der Waals surface area contributed by atoms with Crippen LogP contribution in [0, 0.1) is 0 Å². The molecule has 0 saturated carbocycles. The van der Waals surface area contributed by atoms with Gasteiger partial charge in [-0.2, -0.15) is 0 Å². The molecule has 5 heteroatoms. The number of thioether (sulfide) groups is 1. The highest BCUT2D eigenvalue weighted by Gasteiger charge is 2.02. The molecule has 0 aliphatic carbocycles. The van der Waals surface area contributed by atoms with Crippen LogP contribution in [0.25, 0.3) is 0 Å². The van der Waals surface area contributed by atoms with Crippen molar-refractivity contribution >= 4 is 29.3 Å². The second kappa shape index (κ2) is 9.23. The van der Waals surface area contributed by atoms with Gasteiger partial charge in [0, 0.05) is 17.3 Å². The minimum atomic E-state index is -0.295. The fourth-order valence-electron chi connectivity index (χ4n) is 1.52.